The predicted molar refractivity (Wildman–Crippen MR) is 59.4 cm³/mol. The van der Waals surface area contributed by atoms with Crippen molar-refractivity contribution in [3.8, 4) is 0 Å². The van der Waals surface area contributed by atoms with E-state index in [1.165, 1.54) is 0 Å². The molecule has 0 saturated heterocycles. The van der Waals surface area contributed by atoms with Crippen LogP contribution in [0, 0.1) is 0 Å². The standard InChI is InChI=1S/C11H15N3O/c12-6-9(13)7-1-3-10-8(5-7)2-4-11(15)14-10/h1,3,5,9H,2,4,6,12-13H2,(H,14,15). The molecule has 1 aliphatic heterocycles. The fourth-order valence-corrected chi connectivity index (χ4v) is 1.77. The summed E-state index contributed by atoms with van der Waals surface area (Å²) in [4.78, 5) is 11.1. The van der Waals surface area contributed by atoms with Gasteiger partial charge in [-0.2, -0.15) is 0 Å². The monoisotopic (exact) mass is 205 g/mol. The number of hydrogen-bond acceptors (Lipinski definition) is 3. The van der Waals surface area contributed by atoms with Crippen molar-refractivity contribution in [1.29, 1.82) is 0 Å². The van der Waals surface area contributed by atoms with Gasteiger partial charge in [-0.3, -0.25) is 4.79 Å². The van der Waals surface area contributed by atoms with Crippen molar-refractivity contribution in [1.82, 2.24) is 0 Å². The minimum absolute atomic E-state index is 0.0818. The Kier molecular flexibility index (Phi) is 2.70. The number of aryl methyl sites for hydroxylation is 1. The maximum atomic E-state index is 11.1. The molecule has 0 aliphatic carbocycles. The molecule has 1 aromatic rings. The van der Waals surface area contributed by atoms with Crippen LogP contribution in [0.15, 0.2) is 18.2 Å². The van der Waals surface area contributed by atoms with E-state index in [9.17, 15) is 4.79 Å². The van der Waals surface area contributed by atoms with Crippen LogP contribution in [0.1, 0.15) is 23.6 Å². The Hall–Kier alpha value is -1.39. The van der Waals surface area contributed by atoms with Crippen LogP contribution in [-0.2, 0) is 11.2 Å². The molecule has 0 spiro atoms. The number of nitrogens with two attached hydrogens (primary N) is 2. The van der Waals surface area contributed by atoms with Crippen molar-refractivity contribution in [2.24, 2.45) is 11.5 Å². The van der Waals surface area contributed by atoms with Crippen molar-refractivity contribution in [2.75, 3.05) is 11.9 Å². The molecule has 80 valence electrons. The Morgan fingerprint density at radius 2 is 2.20 bits per heavy atom. The van der Waals surface area contributed by atoms with Gasteiger partial charge in [-0.15, -0.1) is 0 Å². The third kappa shape index (κ3) is 2.00. The lowest BCUT2D eigenvalue weighted by Gasteiger charge is -2.19. The van der Waals surface area contributed by atoms with Gasteiger partial charge in [0.15, 0.2) is 0 Å². The number of carbonyl (C=O) groups excluding carboxylic acids is 1. The molecule has 0 radical (unpaired) electrons. The van der Waals surface area contributed by atoms with E-state index in [0.29, 0.717) is 13.0 Å². The first-order chi connectivity index (χ1) is 7.20. The third-order valence-corrected chi connectivity index (χ3v) is 2.71. The van der Waals surface area contributed by atoms with Crippen LogP contribution < -0.4 is 16.8 Å². The van der Waals surface area contributed by atoms with Crippen LogP contribution in [0.3, 0.4) is 0 Å². The summed E-state index contributed by atoms with van der Waals surface area (Å²) in [5.41, 5.74) is 14.4. The van der Waals surface area contributed by atoms with E-state index in [-0.39, 0.29) is 11.9 Å². The zero-order valence-corrected chi connectivity index (χ0v) is 8.49. The first-order valence-corrected chi connectivity index (χ1v) is 5.09. The topological polar surface area (TPSA) is 81.1 Å². The van der Waals surface area contributed by atoms with Gasteiger partial charge in [-0.1, -0.05) is 12.1 Å². The zero-order valence-electron chi connectivity index (χ0n) is 8.49. The van der Waals surface area contributed by atoms with Crippen LogP contribution in [0.4, 0.5) is 5.69 Å². The highest BCUT2D eigenvalue weighted by Crippen LogP contribution is 2.25. The summed E-state index contributed by atoms with van der Waals surface area (Å²) >= 11 is 0. The van der Waals surface area contributed by atoms with Crippen molar-refractivity contribution < 1.29 is 4.79 Å². The minimum atomic E-state index is -0.118. The average molecular weight is 205 g/mol. The summed E-state index contributed by atoms with van der Waals surface area (Å²) in [7, 11) is 0. The fraction of sp³-hybridized carbons (Fsp3) is 0.364. The van der Waals surface area contributed by atoms with Gasteiger partial charge in [0, 0.05) is 24.7 Å². The van der Waals surface area contributed by atoms with Gasteiger partial charge >= 0.3 is 0 Å². The van der Waals surface area contributed by atoms with E-state index in [1.807, 2.05) is 18.2 Å². The third-order valence-electron chi connectivity index (χ3n) is 2.71. The molecule has 1 aromatic carbocycles. The first kappa shape index (κ1) is 10.1. The normalized spacial score (nSPS) is 16.8. The summed E-state index contributed by atoms with van der Waals surface area (Å²) in [6, 6.07) is 5.74. The molecule has 0 fully saturated rings. The van der Waals surface area contributed by atoms with E-state index in [0.717, 1.165) is 23.2 Å². The molecular formula is C11H15N3O. The molecule has 0 saturated carbocycles. The lowest BCUT2D eigenvalue weighted by Crippen LogP contribution is -2.22. The second kappa shape index (κ2) is 4.00. The Morgan fingerprint density at radius 1 is 1.40 bits per heavy atom. The van der Waals surface area contributed by atoms with Gasteiger partial charge in [0.25, 0.3) is 0 Å². The van der Waals surface area contributed by atoms with Crippen molar-refractivity contribution in [2.45, 2.75) is 18.9 Å². The smallest absolute Gasteiger partial charge is 0.224 e. The number of fused-ring (bicyclic) bond motifs is 1. The molecule has 1 aliphatic rings. The summed E-state index contributed by atoms with van der Waals surface area (Å²) < 4.78 is 0. The van der Waals surface area contributed by atoms with Gasteiger partial charge in [0.05, 0.1) is 0 Å². The SMILES string of the molecule is NCC(N)c1ccc2c(c1)CCC(=O)N2. The molecule has 4 heteroatoms. The average Bonchev–Trinajstić information content (AvgIpc) is 2.27. The van der Waals surface area contributed by atoms with Crippen molar-refractivity contribution in [3.63, 3.8) is 0 Å². The maximum absolute atomic E-state index is 11.1. The molecule has 15 heavy (non-hydrogen) atoms. The fourth-order valence-electron chi connectivity index (χ4n) is 1.77. The van der Waals surface area contributed by atoms with Crippen LogP contribution in [0.5, 0.6) is 0 Å². The molecule has 1 amide bonds. The maximum Gasteiger partial charge on any atom is 0.224 e. The van der Waals surface area contributed by atoms with E-state index < -0.39 is 0 Å². The van der Waals surface area contributed by atoms with Gasteiger partial charge in [0.2, 0.25) is 5.91 Å². The molecule has 1 atom stereocenters. The van der Waals surface area contributed by atoms with Gasteiger partial charge < -0.3 is 16.8 Å². The Bertz CT molecular complexity index is 389. The molecule has 2 rings (SSSR count). The van der Waals surface area contributed by atoms with Gasteiger partial charge in [0.1, 0.15) is 0 Å². The van der Waals surface area contributed by atoms with Crippen LogP contribution in [-0.4, -0.2) is 12.5 Å². The Balaban J connectivity index is 2.30. The lowest BCUT2D eigenvalue weighted by molar-refractivity contribution is -0.116. The minimum Gasteiger partial charge on any atom is -0.329 e. The molecule has 1 unspecified atom stereocenters. The Morgan fingerprint density at radius 3 is 2.93 bits per heavy atom. The summed E-state index contributed by atoms with van der Waals surface area (Å²) in [6.45, 7) is 0.436. The summed E-state index contributed by atoms with van der Waals surface area (Å²) in [6.07, 6.45) is 1.33. The summed E-state index contributed by atoms with van der Waals surface area (Å²) in [5, 5.41) is 2.83. The predicted octanol–water partition coefficient (Wildman–Crippen LogP) is 0.530. The molecule has 0 bridgehead atoms. The highest BCUT2D eigenvalue weighted by Gasteiger charge is 2.15. The van der Waals surface area contributed by atoms with Crippen LogP contribution in [0.2, 0.25) is 0 Å². The van der Waals surface area contributed by atoms with E-state index in [4.69, 9.17) is 11.5 Å². The highest BCUT2D eigenvalue weighted by atomic mass is 16.1. The molecule has 4 nitrogen and oxygen atoms in total. The highest BCUT2D eigenvalue weighted by molar-refractivity contribution is 5.93. The summed E-state index contributed by atoms with van der Waals surface area (Å²) in [5.74, 6) is 0.0818. The molecule has 5 N–H and O–H groups in total. The second-order valence-corrected chi connectivity index (χ2v) is 3.81. The second-order valence-electron chi connectivity index (χ2n) is 3.81. The van der Waals surface area contributed by atoms with Crippen LogP contribution in [0.25, 0.3) is 0 Å². The number of nitrogens with one attached hydrogen (secondary N) is 1. The van der Waals surface area contributed by atoms with E-state index in [1.54, 1.807) is 0 Å². The Labute approximate surface area is 88.6 Å². The first-order valence-electron chi connectivity index (χ1n) is 5.09. The van der Waals surface area contributed by atoms with Crippen molar-refractivity contribution in [3.05, 3.63) is 29.3 Å². The van der Waals surface area contributed by atoms with Crippen molar-refractivity contribution >= 4 is 11.6 Å². The quantitative estimate of drug-likeness (QED) is 0.658. The largest absolute Gasteiger partial charge is 0.329 e. The molecule has 0 aromatic heterocycles. The number of hydrogen-bond donors (Lipinski definition) is 3. The number of carbonyl (C=O) groups is 1. The van der Waals surface area contributed by atoms with E-state index >= 15 is 0 Å². The number of anilines is 1. The lowest BCUT2D eigenvalue weighted by atomic mass is 9.97. The van der Waals surface area contributed by atoms with Gasteiger partial charge in [-0.05, 0) is 23.6 Å². The van der Waals surface area contributed by atoms with E-state index in [2.05, 4.69) is 5.32 Å². The molecular weight excluding hydrogens is 190 g/mol. The van der Waals surface area contributed by atoms with Gasteiger partial charge in [-0.25, -0.2) is 0 Å². The molecule has 1 heterocycles. The number of amides is 1. The number of rotatable bonds is 2. The van der Waals surface area contributed by atoms with Crippen LogP contribution >= 0.6 is 0 Å². The zero-order chi connectivity index (χ0) is 10.8. The number of benzene rings is 1.